The molecule has 2 rings (SSSR count). The number of nitrogens with one attached hydrogen (secondary N) is 1. The fourth-order valence-corrected chi connectivity index (χ4v) is 2.23. The Morgan fingerprint density at radius 1 is 1.05 bits per heavy atom. The molecule has 1 N–H and O–H groups in total. The lowest BCUT2D eigenvalue weighted by Gasteiger charge is -2.27. The van der Waals surface area contributed by atoms with E-state index in [1.807, 2.05) is 38.1 Å². The molecule has 20 heavy (non-hydrogen) atoms. The lowest BCUT2D eigenvalue weighted by atomic mass is 9.94. The molecule has 0 bridgehead atoms. The van der Waals surface area contributed by atoms with Gasteiger partial charge in [-0.25, -0.2) is 8.78 Å². The van der Waals surface area contributed by atoms with Crippen molar-refractivity contribution < 1.29 is 8.78 Å². The van der Waals surface area contributed by atoms with Crippen LogP contribution in [0.5, 0.6) is 0 Å². The first-order valence-corrected chi connectivity index (χ1v) is 7.13. The van der Waals surface area contributed by atoms with Crippen LogP contribution in [0.15, 0.2) is 46.9 Å². The molecule has 0 spiro atoms. The number of rotatable bonds is 4. The van der Waals surface area contributed by atoms with Crippen molar-refractivity contribution in [2.75, 3.05) is 0 Å². The van der Waals surface area contributed by atoms with E-state index in [0.717, 1.165) is 22.2 Å². The summed E-state index contributed by atoms with van der Waals surface area (Å²) in [6, 6.07) is 11.4. The fourth-order valence-electron chi connectivity index (χ4n) is 1.96. The van der Waals surface area contributed by atoms with Gasteiger partial charge in [0.25, 0.3) is 0 Å². The Labute approximate surface area is 126 Å². The molecule has 0 fully saturated rings. The third-order valence-corrected chi connectivity index (χ3v) is 3.82. The first kappa shape index (κ1) is 15.1. The van der Waals surface area contributed by atoms with E-state index in [-0.39, 0.29) is 12.1 Å². The smallest absolute Gasteiger partial charge is 0.127 e. The van der Waals surface area contributed by atoms with E-state index in [9.17, 15) is 8.78 Å². The van der Waals surface area contributed by atoms with Crippen LogP contribution in [0.25, 0.3) is 0 Å². The van der Waals surface area contributed by atoms with E-state index in [0.29, 0.717) is 5.56 Å². The minimum Gasteiger partial charge on any atom is -0.304 e. The largest absolute Gasteiger partial charge is 0.304 e. The molecule has 2 aromatic rings. The Morgan fingerprint density at radius 3 is 2.35 bits per heavy atom. The highest BCUT2D eigenvalue weighted by Crippen LogP contribution is 2.23. The van der Waals surface area contributed by atoms with Crippen molar-refractivity contribution in [1.82, 2.24) is 5.32 Å². The fraction of sp³-hybridized carbons (Fsp3) is 0.250. The molecule has 0 heterocycles. The van der Waals surface area contributed by atoms with Crippen molar-refractivity contribution in [2.24, 2.45) is 0 Å². The van der Waals surface area contributed by atoms with Crippen LogP contribution in [0.1, 0.15) is 25.0 Å². The van der Waals surface area contributed by atoms with Gasteiger partial charge in [-0.2, -0.15) is 0 Å². The zero-order chi connectivity index (χ0) is 14.8. The van der Waals surface area contributed by atoms with E-state index in [1.54, 1.807) is 0 Å². The van der Waals surface area contributed by atoms with Gasteiger partial charge in [0.2, 0.25) is 0 Å². The average molecular weight is 340 g/mol. The quantitative estimate of drug-likeness (QED) is 0.847. The molecule has 106 valence electrons. The summed E-state index contributed by atoms with van der Waals surface area (Å²) >= 11 is 3.39. The molecule has 4 heteroatoms. The maximum Gasteiger partial charge on any atom is 0.127 e. The van der Waals surface area contributed by atoms with Gasteiger partial charge in [0.05, 0.1) is 0 Å². The number of halogens is 3. The van der Waals surface area contributed by atoms with Crippen LogP contribution in [0, 0.1) is 11.6 Å². The van der Waals surface area contributed by atoms with Crippen molar-refractivity contribution in [2.45, 2.75) is 25.9 Å². The van der Waals surface area contributed by atoms with E-state index >= 15 is 0 Å². The molecule has 0 aliphatic carbocycles. The van der Waals surface area contributed by atoms with Gasteiger partial charge >= 0.3 is 0 Å². The highest BCUT2D eigenvalue weighted by atomic mass is 79.9. The number of hydrogen-bond donors (Lipinski definition) is 1. The summed E-state index contributed by atoms with van der Waals surface area (Å²) in [5.74, 6) is -0.824. The van der Waals surface area contributed by atoms with E-state index in [2.05, 4.69) is 21.2 Å². The third kappa shape index (κ3) is 3.64. The number of hydrogen-bond acceptors (Lipinski definition) is 1. The Morgan fingerprint density at radius 2 is 1.70 bits per heavy atom. The van der Waals surface area contributed by atoms with Crippen molar-refractivity contribution in [3.05, 3.63) is 69.7 Å². The van der Waals surface area contributed by atoms with Gasteiger partial charge in [-0.1, -0.05) is 28.1 Å². The zero-order valence-electron chi connectivity index (χ0n) is 11.4. The van der Waals surface area contributed by atoms with Gasteiger partial charge in [-0.15, -0.1) is 0 Å². The van der Waals surface area contributed by atoms with Crippen LogP contribution in [0.3, 0.4) is 0 Å². The minimum atomic E-state index is -0.426. The Bertz CT molecular complexity index is 594. The van der Waals surface area contributed by atoms with Crippen LogP contribution < -0.4 is 5.32 Å². The second kappa shape index (κ2) is 6.02. The minimum absolute atomic E-state index is 0.270. The number of benzene rings is 2. The van der Waals surface area contributed by atoms with Gasteiger partial charge < -0.3 is 5.32 Å². The SMILES string of the molecule is CC(C)(NCc1cc(F)ccc1F)c1ccc(Br)cc1. The average Bonchev–Trinajstić information content (AvgIpc) is 2.40. The van der Waals surface area contributed by atoms with E-state index < -0.39 is 11.6 Å². The molecule has 0 saturated heterocycles. The molecule has 0 aliphatic rings. The van der Waals surface area contributed by atoms with Crippen molar-refractivity contribution in [1.29, 1.82) is 0 Å². The van der Waals surface area contributed by atoms with Crippen LogP contribution in [0.4, 0.5) is 8.78 Å². The van der Waals surface area contributed by atoms with Crippen molar-refractivity contribution >= 4 is 15.9 Å². The van der Waals surface area contributed by atoms with E-state index in [1.165, 1.54) is 6.07 Å². The van der Waals surface area contributed by atoms with Crippen LogP contribution in [-0.4, -0.2) is 0 Å². The molecular formula is C16H16BrF2N. The topological polar surface area (TPSA) is 12.0 Å². The first-order chi connectivity index (χ1) is 9.38. The lowest BCUT2D eigenvalue weighted by Crippen LogP contribution is -2.36. The molecule has 2 aromatic carbocycles. The maximum atomic E-state index is 13.6. The molecule has 0 aromatic heterocycles. The van der Waals surface area contributed by atoms with Crippen molar-refractivity contribution in [3.8, 4) is 0 Å². The zero-order valence-corrected chi connectivity index (χ0v) is 13.0. The van der Waals surface area contributed by atoms with Gasteiger partial charge in [0, 0.05) is 22.1 Å². The van der Waals surface area contributed by atoms with Crippen molar-refractivity contribution in [3.63, 3.8) is 0 Å². The Hall–Kier alpha value is -1.26. The first-order valence-electron chi connectivity index (χ1n) is 6.33. The normalized spacial score (nSPS) is 11.7. The molecule has 0 aliphatic heterocycles. The Balaban J connectivity index is 2.12. The predicted octanol–water partition coefficient (Wildman–Crippen LogP) is 4.75. The second-order valence-electron chi connectivity index (χ2n) is 5.22. The Kier molecular flexibility index (Phi) is 4.55. The summed E-state index contributed by atoms with van der Waals surface area (Å²) in [7, 11) is 0. The monoisotopic (exact) mass is 339 g/mol. The molecule has 1 nitrogen and oxygen atoms in total. The van der Waals surface area contributed by atoms with Gasteiger partial charge in [0.1, 0.15) is 11.6 Å². The van der Waals surface area contributed by atoms with Crippen LogP contribution >= 0.6 is 15.9 Å². The van der Waals surface area contributed by atoms with Crippen LogP contribution in [0.2, 0.25) is 0 Å². The summed E-state index contributed by atoms with van der Waals surface area (Å²) in [5, 5.41) is 3.26. The predicted molar refractivity (Wildman–Crippen MR) is 80.4 cm³/mol. The highest BCUT2D eigenvalue weighted by Gasteiger charge is 2.20. The van der Waals surface area contributed by atoms with Gasteiger partial charge in [0.15, 0.2) is 0 Å². The molecule has 0 saturated carbocycles. The highest BCUT2D eigenvalue weighted by molar-refractivity contribution is 9.10. The maximum absolute atomic E-state index is 13.6. The van der Waals surface area contributed by atoms with Gasteiger partial charge in [-0.3, -0.25) is 0 Å². The lowest BCUT2D eigenvalue weighted by molar-refractivity contribution is 0.395. The molecular weight excluding hydrogens is 324 g/mol. The summed E-state index contributed by atoms with van der Waals surface area (Å²) < 4.78 is 27.7. The molecule has 0 radical (unpaired) electrons. The molecule has 0 amide bonds. The van der Waals surface area contributed by atoms with Crippen LogP contribution in [-0.2, 0) is 12.1 Å². The van der Waals surface area contributed by atoms with E-state index in [4.69, 9.17) is 0 Å². The second-order valence-corrected chi connectivity index (χ2v) is 6.14. The standard InChI is InChI=1S/C16H16BrF2N/c1-16(2,12-3-5-13(17)6-4-12)20-10-11-9-14(18)7-8-15(11)19/h3-9,20H,10H2,1-2H3. The molecule has 0 unspecified atom stereocenters. The summed E-state index contributed by atoms with van der Waals surface area (Å²) in [6.07, 6.45) is 0. The summed E-state index contributed by atoms with van der Waals surface area (Å²) in [5.41, 5.74) is 1.08. The summed E-state index contributed by atoms with van der Waals surface area (Å²) in [4.78, 5) is 0. The summed E-state index contributed by atoms with van der Waals surface area (Å²) in [6.45, 7) is 4.29. The third-order valence-electron chi connectivity index (χ3n) is 3.29. The molecule has 0 atom stereocenters. The van der Waals surface area contributed by atoms with Gasteiger partial charge in [-0.05, 0) is 49.7 Å².